The minimum atomic E-state index is -3.36. The number of hydrogen-bond acceptors (Lipinski definition) is 5. The van der Waals surface area contributed by atoms with E-state index in [1.807, 2.05) is 4.90 Å². The lowest BCUT2D eigenvalue weighted by molar-refractivity contribution is -0.162. The molecule has 2 atom stereocenters. The predicted octanol–water partition coefficient (Wildman–Crippen LogP) is 0.648. The van der Waals surface area contributed by atoms with E-state index in [9.17, 15) is 23.1 Å². The molecule has 1 N–H and O–H groups in total. The first-order valence-corrected chi connectivity index (χ1v) is 10.6. The highest BCUT2D eigenvalue weighted by atomic mass is 32.2. The Bertz CT molecular complexity index is 657. The summed E-state index contributed by atoms with van der Waals surface area (Å²) in [6, 6.07) is 0. The maximum atomic E-state index is 12.8. The van der Waals surface area contributed by atoms with Crippen molar-refractivity contribution in [2.45, 2.75) is 50.9 Å². The number of aliphatic carboxylic acids is 1. The van der Waals surface area contributed by atoms with Gasteiger partial charge in [0.05, 0.1) is 0 Å². The molecule has 2 aliphatic heterocycles. The van der Waals surface area contributed by atoms with Gasteiger partial charge in [0.15, 0.2) is 0 Å². The molecule has 8 nitrogen and oxygen atoms in total. The number of carboxylic acid groups (broad SMARTS) is 1. The van der Waals surface area contributed by atoms with Crippen LogP contribution in [-0.2, 0) is 19.6 Å². The van der Waals surface area contributed by atoms with Gasteiger partial charge < -0.3 is 10.0 Å². The van der Waals surface area contributed by atoms with Crippen LogP contribution < -0.4 is 0 Å². The van der Waals surface area contributed by atoms with Crippen LogP contribution in [-0.4, -0.2) is 84.1 Å². The van der Waals surface area contributed by atoms with E-state index < -0.39 is 26.9 Å². The Morgan fingerprint density at radius 1 is 1.15 bits per heavy atom. The van der Waals surface area contributed by atoms with E-state index in [0.717, 1.165) is 6.54 Å². The van der Waals surface area contributed by atoms with Crippen LogP contribution >= 0.6 is 0 Å². The Morgan fingerprint density at radius 2 is 1.69 bits per heavy atom. The SMILES string of the molecule is CC(C)C(C)(C(=O)O)N(C)C(=O)C1CCN(S(=O)(=O)[C@@H]2CCN2C)CC1. The minimum absolute atomic E-state index is 0.221. The number of piperidine rings is 1. The summed E-state index contributed by atoms with van der Waals surface area (Å²) in [5.41, 5.74) is -1.28. The number of hydrogen-bond donors (Lipinski definition) is 1. The Balaban J connectivity index is 2.03. The number of carbonyl (C=O) groups is 2. The number of carbonyl (C=O) groups excluding carboxylic acids is 1. The average molecular weight is 390 g/mol. The van der Waals surface area contributed by atoms with E-state index >= 15 is 0 Å². The van der Waals surface area contributed by atoms with E-state index in [0.29, 0.717) is 32.4 Å². The summed E-state index contributed by atoms with van der Waals surface area (Å²) in [5.74, 6) is -1.84. The summed E-state index contributed by atoms with van der Waals surface area (Å²) < 4.78 is 26.8. The van der Waals surface area contributed by atoms with Crippen molar-refractivity contribution in [3.05, 3.63) is 0 Å². The topological polar surface area (TPSA) is 98.2 Å². The third-order valence-corrected chi connectivity index (χ3v) is 8.68. The fourth-order valence-electron chi connectivity index (χ4n) is 3.68. The van der Waals surface area contributed by atoms with Crippen LogP contribution in [0.3, 0.4) is 0 Å². The highest BCUT2D eigenvalue weighted by molar-refractivity contribution is 7.89. The largest absolute Gasteiger partial charge is 0.479 e. The van der Waals surface area contributed by atoms with Crippen LogP contribution in [0.2, 0.25) is 0 Å². The number of likely N-dealkylation sites (N-methyl/N-ethyl adjacent to an activating group) is 1. The molecule has 2 heterocycles. The predicted molar refractivity (Wildman–Crippen MR) is 97.9 cm³/mol. The van der Waals surface area contributed by atoms with Gasteiger partial charge in [0, 0.05) is 32.6 Å². The van der Waals surface area contributed by atoms with Gasteiger partial charge in [0.1, 0.15) is 10.9 Å². The van der Waals surface area contributed by atoms with Gasteiger partial charge in [-0.15, -0.1) is 0 Å². The Morgan fingerprint density at radius 3 is 2.04 bits per heavy atom. The molecule has 1 unspecified atom stereocenters. The van der Waals surface area contributed by atoms with Crippen LogP contribution in [0.4, 0.5) is 0 Å². The quantitative estimate of drug-likeness (QED) is 0.716. The zero-order valence-electron chi connectivity index (χ0n) is 16.3. The van der Waals surface area contributed by atoms with Gasteiger partial charge in [-0.05, 0) is 39.2 Å². The molecule has 9 heteroatoms. The fourth-order valence-corrected chi connectivity index (χ4v) is 5.71. The van der Waals surface area contributed by atoms with E-state index in [1.54, 1.807) is 27.8 Å². The van der Waals surface area contributed by atoms with Crippen molar-refractivity contribution in [3.8, 4) is 0 Å². The summed E-state index contributed by atoms with van der Waals surface area (Å²) in [6.07, 6.45) is 1.49. The van der Waals surface area contributed by atoms with Crippen LogP contribution in [0.5, 0.6) is 0 Å². The zero-order valence-corrected chi connectivity index (χ0v) is 17.1. The van der Waals surface area contributed by atoms with Crippen molar-refractivity contribution >= 4 is 21.9 Å². The van der Waals surface area contributed by atoms with E-state index in [4.69, 9.17) is 0 Å². The van der Waals surface area contributed by atoms with E-state index in [2.05, 4.69) is 0 Å². The molecule has 26 heavy (non-hydrogen) atoms. The Kier molecular flexibility index (Phi) is 6.04. The number of likely N-dealkylation sites (tertiary alicyclic amines) is 1. The highest BCUT2D eigenvalue weighted by Gasteiger charge is 2.46. The molecule has 150 valence electrons. The van der Waals surface area contributed by atoms with Crippen LogP contribution in [0.15, 0.2) is 0 Å². The van der Waals surface area contributed by atoms with Crippen molar-refractivity contribution in [1.82, 2.24) is 14.1 Å². The second kappa shape index (κ2) is 7.44. The van der Waals surface area contributed by atoms with Gasteiger partial charge in [-0.3, -0.25) is 9.69 Å². The molecule has 2 fully saturated rings. The van der Waals surface area contributed by atoms with Crippen molar-refractivity contribution in [2.75, 3.05) is 33.7 Å². The maximum absolute atomic E-state index is 12.8. The molecule has 0 aromatic carbocycles. The average Bonchev–Trinajstić information content (AvgIpc) is 2.57. The van der Waals surface area contributed by atoms with Gasteiger partial charge >= 0.3 is 5.97 Å². The van der Waals surface area contributed by atoms with Gasteiger partial charge in [0.25, 0.3) is 0 Å². The lowest BCUT2D eigenvalue weighted by atomic mass is 9.85. The summed E-state index contributed by atoms with van der Waals surface area (Å²) in [4.78, 5) is 27.7. The molecule has 0 aliphatic carbocycles. The van der Waals surface area contributed by atoms with E-state index in [1.165, 1.54) is 16.3 Å². The third-order valence-electron chi connectivity index (χ3n) is 6.31. The van der Waals surface area contributed by atoms with Crippen molar-refractivity contribution in [2.24, 2.45) is 11.8 Å². The molecule has 1 amide bonds. The molecule has 0 radical (unpaired) electrons. The molecular weight excluding hydrogens is 358 g/mol. The summed E-state index contributed by atoms with van der Waals surface area (Å²) in [7, 11) is -0.0271. The maximum Gasteiger partial charge on any atom is 0.329 e. The molecule has 0 aromatic heterocycles. The molecule has 0 spiro atoms. The van der Waals surface area contributed by atoms with Gasteiger partial charge in [-0.25, -0.2) is 17.5 Å². The van der Waals surface area contributed by atoms with Crippen LogP contribution in [0, 0.1) is 11.8 Å². The van der Waals surface area contributed by atoms with Crippen molar-refractivity contribution < 1.29 is 23.1 Å². The standard InChI is InChI=1S/C17H31N3O5S/c1-12(2)17(3,16(22)23)19(5)15(21)13-6-10-20(11-7-13)26(24,25)14-8-9-18(14)4/h12-14H,6-11H2,1-5H3,(H,22,23)/t14-,17?/m1/s1. The minimum Gasteiger partial charge on any atom is -0.479 e. The molecule has 0 saturated carbocycles. The smallest absolute Gasteiger partial charge is 0.329 e. The van der Waals surface area contributed by atoms with Crippen molar-refractivity contribution in [3.63, 3.8) is 0 Å². The zero-order chi connectivity index (χ0) is 19.9. The molecule has 2 aliphatic rings. The Labute approximate surface area is 156 Å². The monoisotopic (exact) mass is 389 g/mol. The highest BCUT2D eigenvalue weighted by Crippen LogP contribution is 2.31. The molecule has 2 saturated heterocycles. The number of sulfonamides is 1. The second-order valence-electron chi connectivity index (χ2n) is 7.95. The first-order valence-electron chi connectivity index (χ1n) is 9.14. The Hall–Kier alpha value is -1.19. The van der Waals surface area contributed by atoms with Crippen LogP contribution in [0.1, 0.15) is 40.0 Å². The van der Waals surface area contributed by atoms with Gasteiger partial charge in [-0.1, -0.05) is 13.8 Å². The fraction of sp³-hybridized carbons (Fsp3) is 0.882. The molecule has 2 rings (SSSR count). The number of amides is 1. The van der Waals surface area contributed by atoms with Gasteiger partial charge in [0.2, 0.25) is 15.9 Å². The van der Waals surface area contributed by atoms with Crippen molar-refractivity contribution in [1.29, 1.82) is 0 Å². The summed E-state index contributed by atoms with van der Waals surface area (Å²) in [6.45, 7) is 6.52. The summed E-state index contributed by atoms with van der Waals surface area (Å²) >= 11 is 0. The molecule has 0 aromatic rings. The van der Waals surface area contributed by atoms with Crippen LogP contribution in [0.25, 0.3) is 0 Å². The molecule has 0 bridgehead atoms. The lowest BCUT2D eigenvalue weighted by Gasteiger charge is -2.43. The number of rotatable bonds is 6. The lowest BCUT2D eigenvalue weighted by Crippen LogP contribution is -2.59. The first kappa shape index (κ1) is 21.1. The van der Waals surface area contributed by atoms with E-state index in [-0.39, 0.29) is 17.7 Å². The number of nitrogens with zero attached hydrogens (tertiary/aromatic N) is 3. The van der Waals surface area contributed by atoms with Gasteiger partial charge in [-0.2, -0.15) is 0 Å². The summed E-state index contributed by atoms with van der Waals surface area (Å²) in [5, 5.41) is 9.15. The number of carboxylic acids is 1. The normalized spacial score (nSPS) is 25.5. The second-order valence-corrected chi connectivity index (χ2v) is 10.0. The molecular formula is C17H31N3O5S. The third kappa shape index (κ3) is 3.48. The first-order chi connectivity index (χ1) is 11.9.